The maximum Gasteiger partial charge on any atom is 0.295 e. The van der Waals surface area contributed by atoms with Gasteiger partial charge in [0.05, 0.1) is 18.7 Å². The molecule has 2 aromatic carbocycles. The van der Waals surface area contributed by atoms with E-state index in [4.69, 9.17) is 4.74 Å². The minimum Gasteiger partial charge on any atom is -0.507 e. The van der Waals surface area contributed by atoms with Crippen molar-refractivity contribution in [3.05, 3.63) is 101 Å². The lowest BCUT2D eigenvalue weighted by atomic mass is 9.92. The summed E-state index contributed by atoms with van der Waals surface area (Å²) in [5, 5.41) is 11.1. The number of pyridine rings is 1. The van der Waals surface area contributed by atoms with Crippen molar-refractivity contribution in [2.24, 2.45) is 0 Å². The van der Waals surface area contributed by atoms with Crippen molar-refractivity contribution in [3.8, 4) is 5.75 Å². The summed E-state index contributed by atoms with van der Waals surface area (Å²) in [6.07, 6.45) is 3.32. The van der Waals surface area contributed by atoms with Gasteiger partial charge in [0.1, 0.15) is 11.5 Å². The minimum atomic E-state index is -0.715. The van der Waals surface area contributed by atoms with Crippen LogP contribution in [-0.4, -0.2) is 33.8 Å². The van der Waals surface area contributed by atoms with Crippen LogP contribution < -0.4 is 4.74 Å². The van der Waals surface area contributed by atoms with E-state index < -0.39 is 17.7 Å². The Morgan fingerprint density at radius 1 is 1.10 bits per heavy atom. The fourth-order valence-corrected chi connectivity index (χ4v) is 3.87. The average Bonchev–Trinajstić information content (AvgIpc) is 3.04. The number of methoxy groups -OCH3 is 1. The van der Waals surface area contributed by atoms with Gasteiger partial charge in [0.15, 0.2) is 0 Å². The van der Waals surface area contributed by atoms with E-state index in [0.717, 1.165) is 16.7 Å². The van der Waals surface area contributed by atoms with Crippen molar-refractivity contribution < 1.29 is 19.4 Å². The molecule has 1 saturated heterocycles. The van der Waals surface area contributed by atoms with E-state index in [1.165, 1.54) is 12.0 Å². The summed E-state index contributed by atoms with van der Waals surface area (Å²) in [5.41, 5.74) is 2.98. The Morgan fingerprint density at radius 3 is 2.61 bits per heavy atom. The van der Waals surface area contributed by atoms with E-state index in [1.54, 1.807) is 42.7 Å². The topological polar surface area (TPSA) is 79.7 Å². The molecule has 0 bridgehead atoms. The normalized spacial score (nSPS) is 17.7. The second-order valence-electron chi connectivity index (χ2n) is 7.38. The SMILES string of the molecule is COc1cccc(/C(O)=C2\C(=O)C(=O)N(Cc3cccnc3)C2c2ccccc2C)c1. The molecule has 1 aliphatic heterocycles. The van der Waals surface area contributed by atoms with Crippen LogP contribution in [0.15, 0.2) is 78.6 Å². The summed E-state index contributed by atoms with van der Waals surface area (Å²) in [4.78, 5) is 31.8. The lowest BCUT2D eigenvalue weighted by Gasteiger charge is -2.26. The Labute approximate surface area is 180 Å². The number of carbonyl (C=O) groups excluding carboxylic acids is 2. The van der Waals surface area contributed by atoms with Crippen molar-refractivity contribution in [3.63, 3.8) is 0 Å². The number of rotatable bonds is 5. The summed E-state index contributed by atoms with van der Waals surface area (Å²) in [7, 11) is 1.53. The first-order valence-corrected chi connectivity index (χ1v) is 9.88. The highest BCUT2D eigenvalue weighted by atomic mass is 16.5. The van der Waals surface area contributed by atoms with Crippen molar-refractivity contribution in [2.45, 2.75) is 19.5 Å². The number of aliphatic hydroxyl groups is 1. The van der Waals surface area contributed by atoms with E-state index >= 15 is 0 Å². The van der Waals surface area contributed by atoms with Gasteiger partial charge in [-0.2, -0.15) is 0 Å². The second kappa shape index (κ2) is 8.44. The molecule has 31 heavy (non-hydrogen) atoms. The zero-order valence-corrected chi connectivity index (χ0v) is 17.3. The molecular weight excluding hydrogens is 392 g/mol. The van der Waals surface area contributed by atoms with Gasteiger partial charge in [0, 0.05) is 24.5 Å². The Kier molecular flexibility index (Phi) is 5.54. The maximum atomic E-state index is 13.1. The largest absolute Gasteiger partial charge is 0.507 e. The molecule has 1 fully saturated rings. The van der Waals surface area contributed by atoms with Gasteiger partial charge >= 0.3 is 0 Å². The van der Waals surface area contributed by atoms with Crippen LogP contribution in [0.4, 0.5) is 0 Å². The number of likely N-dealkylation sites (tertiary alicyclic amines) is 1. The van der Waals surface area contributed by atoms with Crippen LogP contribution in [0, 0.1) is 6.92 Å². The molecule has 0 radical (unpaired) electrons. The number of aromatic nitrogens is 1. The number of aryl methyl sites for hydroxylation is 1. The molecule has 1 unspecified atom stereocenters. The predicted octanol–water partition coefficient (Wildman–Crippen LogP) is 4.02. The molecular formula is C25H22N2O4. The smallest absolute Gasteiger partial charge is 0.295 e. The summed E-state index contributed by atoms with van der Waals surface area (Å²) < 4.78 is 5.24. The number of hydrogen-bond donors (Lipinski definition) is 1. The highest BCUT2D eigenvalue weighted by Crippen LogP contribution is 2.41. The van der Waals surface area contributed by atoms with Crippen LogP contribution in [0.3, 0.4) is 0 Å². The number of Topliss-reactive ketones (excluding diaryl/α,β-unsaturated/α-hetero) is 1. The summed E-state index contributed by atoms with van der Waals surface area (Å²) in [6.45, 7) is 2.12. The van der Waals surface area contributed by atoms with Crippen molar-refractivity contribution in [1.29, 1.82) is 0 Å². The minimum absolute atomic E-state index is 0.0662. The van der Waals surface area contributed by atoms with Gasteiger partial charge < -0.3 is 14.7 Å². The molecule has 1 N–H and O–H groups in total. The number of hydrogen-bond acceptors (Lipinski definition) is 5. The summed E-state index contributed by atoms with van der Waals surface area (Å²) >= 11 is 0. The molecule has 1 amide bonds. The van der Waals surface area contributed by atoms with Crippen LogP contribution in [0.2, 0.25) is 0 Å². The lowest BCUT2D eigenvalue weighted by Crippen LogP contribution is -2.29. The van der Waals surface area contributed by atoms with Gasteiger partial charge in [0.25, 0.3) is 11.7 Å². The molecule has 156 valence electrons. The number of nitrogens with zero attached hydrogens (tertiary/aromatic N) is 2. The van der Waals surface area contributed by atoms with Crippen molar-refractivity contribution >= 4 is 17.4 Å². The number of ether oxygens (including phenoxy) is 1. The highest BCUT2D eigenvalue weighted by molar-refractivity contribution is 6.46. The van der Waals surface area contributed by atoms with E-state index in [1.807, 2.05) is 37.3 Å². The molecule has 3 aromatic rings. The first-order valence-electron chi connectivity index (χ1n) is 9.88. The van der Waals surface area contributed by atoms with Gasteiger partial charge in [-0.3, -0.25) is 14.6 Å². The van der Waals surface area contributed by atoms with Crippen LogP contribution in [0.1, 0.15) is 28.3 Å². The molecule has 0 aliphatic carbocycles. The Hall–Kier alpha value is -3.93. The Balaban J connectivity index is 1.89. The molecule has 4 rings (SSSR count). The van der Waals surface area contributed by atoms with Crippen molar-refractivity contribution in [2.75, 3.05) is 7.11 Å². The summed E-state index contributed by atoms with van der Waals surface area (Å²) in [5.74, 6) is -1.04. The molecule has 0 spiro atoms. The molecule has 2 heterocycles. The zero-order valence-electron chi connectivity index (χ0n) is 17.3. The zero-order chi connectivity index (χ0) is 22.0. The van der Waals surface area contributed by atoms with Gasteiger partial charge in [-0.25, -0.2) is 0 Å². The third-order valence-corrected chi connectivity index (χ3v) is 5.44. The predicted molar refractivity (Wildman–Crippen MR) is 116 cm³/mol. The van der Waals surface area contributed by atoms with E-state index in [9.17, 15) is 14.7 Å². The van der Waals surface area contributed by atoms with Crippen LogP contribution >= 0.6 is 0 Å². The number of ketones is 1. The monoisotopic (exact) mass is 414 g/mol. The number of aliphatic hydroxyl groups excluding tert-OH is 1. The third kappa shape index (κ3) is 3.80. The average molecular weight is 414 g/mol. The summed E-state index contributed by atoms with van der Waals surface area (Å²) in [6, 6.07) is 17.3. The molecule has 1 aliphatic rings. The number of benzene rings is 2. The van der Waals surface area contributed by atoms with Gasteiger partial charge in [0.2, 0.25) is 0 Å². The molecule has 1 atom stereocenters. The first kappa shape index (κ1) is 20.3. The number of carbonyl (C=O) groups is 2. The van der Waals surface area contributed by atoms with E-state index in [2.05, 4.69) is 4.98 Å². The molecule has 1 aromatic heterocycles. The number of amides is 1. The fourth-order valence-electron chi connectivity index (χ4n) is 3.87. The van der Waals surface area contributed by atoms with E-state index in [0.29, 0.717) is 11.3 Å². The molecule has 0 saturated carbocycles. The highest BCUT2D eigenvalue weighted by Gasteiger charge is 2.46. The maximum absolute atomic E-state index is 13.1. The van der Waals surface area contributed by atoms with E-state index in [-0.39, 0.29) is 17.9 Å². The quantitative estimate of drug-likeness (QED) is 0.388. The van der Waals surface area contributed by atoms with Crippen LogP contribution in [0.5, 0.6) is 5.75 Å². The molecule has 6 heteroatoms. The first-order chi connectivity index (χ1) is 15.0. The lowest BCUT2D eigenvalue weighted by molar-refractivity contribution is -0.140. The van der Waals surface area contributed by atoms with Crippen LogP contribution in [-0.2, 0) is 16.1 Å². The fraction of sp³-hybridized carbons (Fsp3) is 0.160. The Morgan fingerprint density at radius 2 is 1.90 bits per heavy atom. The second-order valence-corrected chi connectivity index (χ2v) is 7.38. The van der Waals surface area contributed by atoms with Crippen LogP contribution in [0.25, 0.3) is 5.76 Å². The Bertz CT molecular complexity index is 1170. The van der Waals surface area contributed by atoms with Gasteiger partial charge in [-0.05, 0) is 41.8 Å². The van der Waals surface area contributed by atoms with Gasteiger partial charge in [-0.15, -0.1) is 0 Å². The molecule has 6 nitrogen and oxygen atoms in total. The van der Waals surface area contributed by atoms with Crippen molar-refractivity contribution in [1.82, 2.24) is 9.88 Å². The third-order valence-electron chi connectivity index (χ3n) is 5.44. The van der Waals surface area contributed by atoms with Gasteiger partial charge in [-0.1, -0.05) is 42.5 Å². The standard InChI is InChI=1S/C25H22N2O4/c1-16-7-3-4-11-20(16)22-21(23(28)18-9-5-10-19(13-18)31-2)24(29)25(30)27(22)15-17-8-6-12-26-14-17/h3-14,22,28H,15H2,1-2H3/b23-21+.